The molecule has 0 unspecified atom stereocenters. The molecule has 2 rings (SSSR count). The van der Waals surface area contributed by atoms with E-state index in [0.717, 1.165) is 0 Å². The summed E-state index contributed by atoms with van der Waals surface area (Å²) in [5.74, 6) is 0.320. The van der Waals surface area contributed by atoms with Gasteiger partial charge in [-0.2, -0.15) is 0 Å². The number of hydrogen-bond donors (Lipinski definition) is 0. The molecule has 0 N–H and O–H groups in total. The molecule has 96 valence electrons. The number of nitrogens with zero attached hydrogens (tertiary/aromatic N) is 1. The van der Waals surface area contributed by atoms with E-state index >= 15 is 0 Å². The maximum atomic E-state index is 11.6. The summed E-state index contributed by atoms with van der Waals surface area (Å²) < 4.78 is 5.51. The third-order valence-corrected chi connectivity index (χ3v) is 2.87. The second kappa shape index (κ2) is 4.98. The Morgan fingerprint density at radius 3 is 2.56 bits per heavy atom. The molecule has 4 nitrogen and oxygen atoms in total. The molecule has 1 fully saturated rings. The van der Waals surface area contributed by atoms with E-state index in [0.29, 0.717) is 16.5 Å². The Hall–Kier alpha value is -1.55. The summed E-state index contributed by atoms with van der Waals surface area (Å²) in [4.78, 5) is 24.2. The molecule has 1 aliphatic heterocycles. The van der Waals surface area contributed by atoms with Gasteiger partial charge in [0.25, 0.3) is 0 Å². The molecular formula is C13H14ClNO3. The molecule has 1 saturated heterocycles. The average Bonchev–Trinajstić information content (AvgIpc) is 2.60. The van der Waals surface area contributed by atoms with E-state index in [9.17, 15) is 9.59 Å². The van der Waals surface area contributed by atoms with Crippen LogP contribution in [-0.4, -0.2) is 24.3 Å². The zero-order chi connectivity index (χ0) is 13.3. The van der Waals surface area contributed by atoms with Crippen LogP contribution in [0.2, 0.25) is 5.02 Å². The Balaban J connectivity index is 2.23. The normalized spacial score (nSPS) is 15.7. The van der Waals surface area contributed by atoms with Gasteiger partial charge >= 0.3 is 0 Å². The molecule has 1 heterocycles. The van der Waals surface area contributed by atoms with Crippen molar-refractivity contribution in [2.45, 2.75) is 26.4 Å². The van der Waals surface area contributed by atoms with Crippen LogP contribution in [-0.2, 0) is 9.59 Å². The van der Waals surface area contributed by atoms with Gasteiger partial charge in [0.2, 0.25) is 5.91 Å². The Bertz CT molecular complexity index is 499. The van der Waals surface area contributed by atoms with Gasteiger partial charge in [0, 0.05) is 5.69 Å². The number of benzene rings is 1. The third kappa shape index (κ3) is 2.64. The quantitative estimate of drug-likeness (QED) is 0.790. The topological polar surface area (TPSA) is 46.6 Å². The van der Waals surface area contributed by atoms with Gasteiger partial charge in [-0.15, -0.1) is 0 Å². The predicted molar refractivity (Wildman–Crippen MR) is 69.2 cm³/mol. The first-order valence-electron chi connectivity index (χ1n) is 5.75. The van der Waals surface area contributed by atoms with Crippen molar-refractivity contribution in [2.75, 3.05) is 11.4 Å². The van der Waals surface area contributed by atoms with E-state index in [4.69, 9.17) is 16.3 Å². The van der Waals surface area contributed by atoms with Crippen LogP contribution in [0.5, 0.6) is 5.75 Å². The second-order valence-electron chi connectivity index (χ2n) is 4.48. The minimum atomic E-state index is -0.186. The summed E-state index contributed by atoms with van der Waals surface area (Å²) >= 11 is 6.09. The lowest BCUT2D eigenvalue weighted by molar-refractivity contribution is -0.121. The SMILES string of the molecule is CC(C)Oc1ccc(N2CC(=O)CC2=O)cc1Cl. The van der Waals surface area contributed by atoms with Crippen LogP contribution in [0.25, 0.3) is 0 Å². The van der Waals surface area contributed by atoms with Crippen molar-refractivity contribution in [3.8, 4) is 5.75 Å². The molecule has 1 aliphatic rings. The minimum absolute atomic E-state index is 0.0259. The van der Waals surface area contributed by atoms with E-state index in [1.54, 1.807) is 18.2 Å². The smallest absolute Gasteiger partial charge is 0.234 e. The number of ketones is 1. The molecule has 5 heteroatoms. The van der Waals surface area contributed by atoms with Gasteiger partial charge < -0.3 is 9.64 Å². The maximum Gasteiger partial charge on any atom is 0.234 e. The third-order valence-electron chi connectivity index (χ3n) is 2.57. The van der Waals surface area contributed by atoms with E-state index < -0.39 is 0 Å². The highest BCUT2D eigenvalue weighted by molar-refractivity contribution is 6.32. The van der Waals surface area contributed by atoms with Crippen molar-refractivity contribution in [1.29, 1.82) is 0 Å². The number of carbonyl (C=O) groups excluding carboxylic acids is 2. The van der Waals surface area contributed by atoms with Gasteiger partial charge in [-0.3, -0.25) is 9.59 Å². The zero-order valence-electron chi connectivity index (χ0n) is 10.3. The average molecular weight is 268 g/mol. The van der Waals surface area contributed by atoms with E-state index in [-0.39, 0.29) is 30.8 Å². The molecule has 0 aliphatic carbocycles. The van der Waals surface area contributed by atoms with Gasteiger partial charge in [0.15, 0.2) is 5.78 Å². The second-order valence-corrected chi connectivity index (χ2v) is 4.88. The lowest BCUT2D eigenvalue weighted by Crippen LogP contribution is -2.24. The number of amides is 1. The molecule has 1 amide bonds. The van der Waals surface area contributed by atoms with Crippen LogP contribution in [0.4, 0.5) is 5.69 Å². The first-order valence-corrected chi connectivity index (χ1v) is 6.13. The molecule has 1 aromatic carbocycles. The van der Waals surface area contributed by atoms with Crippen LogP contribution >= 0.6 is 11.6 Å². The molecular weight excluding hydrogens is 254 g/mol. The number of hydrogen-bond acceptors (Lipinski definition) is 3. The summed E-state index contributed by atoms with van der Waals surface area (Å²) in [6, 6.07) is 5.10. The minimum Gasteiger partial charge on any atom is -0.489 e. The summed E-state index contributed by atoms with van der Waals surface area (Å²) in [6.07, 6.45) is 0.00495. The lowest BCUT2D eigenvalue weighted by Gasteiger charge is -2.17. The van der Waals surface area contributed by atoms with E-state index in [1.165, 1.54) is 4.90 Å². The van der Waals surface area contributed by atoms with Crippen LogP contribution in [0, 0.1) is 0 Å². The molecule has 0 saturated carbocycles. The van der Waals surface area contributed by atoms with Crippen molar-refractivity contribution >= 4 is 29.0 Å². The highest BCUT2D eigenvalue weighted by atomic mass is 35.5. The van der Waals surface area contributed by atoms with Crippen molar-refractivity contribution in [2.24, 2.45) is 0 Å². The van der Waals surface area contributed by atoms with Gasteiger partial charge in [-0.25, -0.2) is 0 Å². The van der Waals surface area contributed by atoms with Crippen LogP contribution in [0.1, 0.15) is 20.3 Å². The van der Waals surface area contributed by atoms with E-state index in [2.05, 4.69) is 0 Å². The Labute approximate surface area is 110 Å². The summed E-state index contributed by atoms with van der Waals surface area (Å²) in [6.45, 7) is 3.94. The molecule has 1 aromatic rings. The number of halogens is 1. The summed E-state index contributed by atoms with van der Waals surface area (Å²) in [5.41, 5.74) is 0.631. The number of rotatable bonds is 3. The molecule has 0 atom stereocenters. The molecule has 0 aromatic heterocycles. The van der Waals surface area contributed by atoms with Crippen molar-refractivity contribution < 1.29 is 14.3 Å². The molecule has 18 heavy (non-hydrogen) atoms. The maximum absolute atomic E-state index is 11.6. The monoisotopic (exact) mass is 267 g/mol. The van der Waals surface area contributed by atoms with Gasteiger partial charge in [0.1, 0.15) is 5.75 Å². The Morgan fingerprint density at radius 1 is 1.33 bits per heavy atom. The van der Waals surface area contributed by atoms with Crippen LogP contribution < -0.4 is 9.64 Å². The van der Waals surface area contributed by atoms with E-state index in [1.807, 2.05) is 13.8 Å². The number of ether oxygens (including phenoxy) is 1. The summed E-state index contributed by atoms with van der Waals surface area (Å²) in [5, 5.41) is 0.438. The molecule has 0 radical (unpaired) electrons. The van der Waals surface area contributed by atoms with Gasteiger partial charge in [0.05, 0.1) is 24.1 Å². The number of Topliss-reactive ketones (excluding diaryl/α,β-unsaturated/α-hetero) is 1. The standard InChI is InChI=1S/C13H14ClNO3/c1-8(2)18-12-4-3-9(5-11(12)14)15-7-10(16)6-13(15)17/h3-5,8H,6-7H2,1-2H3. The fraction of sp³-hybridized carbons (Fsp3) is 0.385. The highest BCUT2D eigenvalue weighted by Crippen LogP contribution is 2.31. The van der Waals surface area contributed by atoms with Crippen LogP contribution in [0.3, 0.4) is 0 Å². The fourth-order valence-electron chi connectivity index (χ4n) is 1.83. The lowest BCUT2D eigenvalue weighted by atomic mass is 10.2. The largest absolute Gasteiger partial charge is 0.489 e. The predicted octanol–water partition coefficient (Wildman–Crippen LogP) is 2.43. The van der Waals surface area contributed by atoms with Crippen molar-refractivity contribution in [1.82, 2.24) is 0 Å². The first-order chi connectivity index (χ1) is 8.47. The number of carbonyl (C=O) groups is 2. The Morgan fingerprint density at radius 2 is 2.06 bits per heavy atom. The summed E-state index contributed by atoms with van der Waals surface area (Å²) in [7, 11) is 0. The first kappa shape index (κ1) is 12.9. The van der Waals surface area contributed by atoms with Gasteiger partial charge in [-0.05, 0) is 32.0 Å². The number of anilines is 1. The molecule has 0 spiro atoms. The Kier molecular flexibility index (Phi) is 3.57. The van der Waals surface area contributed by atoms with Crippen LogP contribution in [0.15, 0.2) is 18.2 Å². The zero-order valence-corrected chi connectivity index (χ0v) is 11.0. The fourth-order valence-corrected chi connectivity index (χ4v) is 2.05. The van der Waals surface area contributed by atoms with Gasteiger partial charge in [-0.1, -0.05) is 11.6 Å². The van der Waals surface area contributed by atoms with Crippen molar-refractivity contribution in [3.63, 3.8) is 0 Å². The highest BCUT2D eigenvalue weighted by Gasteiger charge is 2.28. The van der Waals surface area contributed by atoms with Crippen molar-refractivity contribution in [3.05, 3.63) is 23.2 Å². The molecule has 0 bridgehead atoms.